The zero-order valence-electron chi connectivity index (χ0n) is 9.08. The molecule has 3 aliphatic carbocycles. The Morgan fingerprint density at radius 1 is 1.07 bits per heavy atom. The van der Waals surface area contributed by atoms with Gasteiger partial charge in [-0.05, 0) is 55.6 Å². The van der Waals surface area contributed by atoms with Crippen molar-refractivity contribution in [3.63, 3.8) is 0 Å². The zero-order valence-corrected chi connectivity index (χ0v) is 9.08. The maximum Gasteiger partial charge on any atom is 0.0305 e. The Morgan fingerprint density at radius 3 is 2.27 bits per heavy atom. The first-order valence-electron chi connectivity index (χ1n) is 5.92. The fraction of sp³-hybridized carbons (Fsp3) is 0.615. The van der Waals surface area contributed by atoms with Crippen LogP contribution >= 0.6 is 0 Å². The SMILES string of the molecule is NC12CCC(c3cccnc3)(CC1)CC2. The van der Waals surface area contributed by atoms with Crippen LogP contribution in [0.5, 0.6) is 0 Å². The lowest BCUT2D eigenvalue weighted by Crippen LogP contribution is -2.53. The highest BCUT2D eigenvalue weighted by Crippen LogP contribution is 2.52. The van der Waals surface area contributed by atoms with Crippen LogP contribution < -0.4 is 5.73 Å². The van der Waals surface area contributed by atoms with E-state index in [1.807, 2.05) is 6.20 Å². The molecule has 3 aliphatic rings. The second-order valence-electron chi connectivity index (χ2n) is 5.38. The van der Waals surface area contributed by atoms with E-state index in [1.54, 1.807) is 0 Å². The maximum absolute atomic E-state index is 6.32. The van der Waals surface area contributed by atoms with Crippen LogP contribution in [0.1, 0.15) is 44.1 Å². The van der Waals surface area contributed by atoms with Gasteiger partial charge in [-0.25, -0.2) is 0 Å². The third-order valence-electron chi connectivity index (χ3n) is 4.58. The smallest absolute Gasteiger partial charge is 0.0305 e. The minimum atomic E-state index is 0.171. The summed E-state index contributed by atoms with van der Waals surface area (Å²) < 4.78 is 0. The van der Waals surface area contributed by atoms with Crippen LogP contribution in [0, 0.1) is 0 Å². The van der Waals surface area contributed by atoms with E-state index in [0.29, 0.717) is 5.41 Å². The molecular weight excluding hydrogens is 184 g/mol. The van der Waals surface area contributed by atoms with E-state index in [4.69, 9.17) is 5.73 Å². The van der Waals surface area contributed by atoms with Gasteiger partial charge in [0.15, 0.2) is 0 Å². The molecule has 0 aliphatic heterocycles. The highest BCUT2D eigenvalue weighted by atomic mass is 14.8. The van der Waals surface area contributed by atoms with Gasteiger partial charge in [0.05, 0.1) is 0 Å². The second-order valence-corrected chi connectivity index (χ2v) is 5.38. The molecule has 15 heavy (non-hydrogen) atoms. The van der Waals surface area contributed by atoms with Crippen molar-refractivity contribution in [2.45, 2.75) is 49.5 Å². The average molecular weight is 202 g/mol. The van der Waals surface area contributed by atoms with E-state index < -0.39 is 0 Å². The van der Waals surface area contributed by atoms with Gasteiger partial charge in [0.25, 0.3) is 0 Å². The Balaban J connectivity index is 1.94. The molecule has 1 aromatic heterocycles. The van der Waals surface area contributed by atoms with Gasteiger partial charge in [0, 0.05) is 17.9 Å². The van der Waals surface area contributed by atoms with E-state index in [9.17, 15) is 0 Å². The molecule has 0 unspecified atom stereocenters. The van der Waals surface area contributed by atoms with Gasteiger partial charge >= 0.3 is 0 Å². The molecule has 3 fully saturated rings. The quantitative estimate of drug-likeness (QED) is 0.759. The Bertz CT molecular complexity index is 334. The molecule has 2 bridgehead atoms. The highest BCUT2D eigenvalue weighted by Gasteiger charge is 2.47. The maximum atomic E-state index is 6.32. The molecule has 80 valence electrons. The Morgan fingerprint density at radius 2 is 1.73 bits per heavy atom. The summed E-state index contributed by atoms with van der Waals surface area (Å²) in [7, 11) is 0. The van der Waals surface area contributed by atoms with Crippen LogP contribution in [0.2, 0.25) is 0 Å². The predicted octanol–water partition coefficient (Wildman–Crippen LogP) is 2.38. The summed E-state index contributed by atoms with van der Waals surface area (Å²) in [5, 5.41) is 0. The number of rotatable bonds is 1. The topological polar surface area (TPSA) is 38.9 Å². The molecule has 2 nitrogen and oxygen atoms in total. The van der Waals surface area contributed by atoms with Crippen molar-refractivity contribution in [3.8, 4) is 0 Å². The molecule has 0 radical (unpaired) electrons. The molecule has 0 atom stereocenters. The molecule has 1 heterocycles. The summed E-state index contributed by atoms with van der Waals surface area (Å²) in [5.41, 5.74) is 8.34. The van der Waals surface area contributed by atoms with Crippen LogP contribution in [-0.2, 0) is 5.41 Å². The van der Waals surface area contributed by atoms with E-state index >= 15 is 0 Å². The van der Waals surface area contributed by atoms with Gasteiger partial charge < -0.3 is 5.73 Å². The normalized spacial score (nSPS) is 39.3. The average Bonchev–Trinajstić information content (AvgIpc) is 2.32. The number of hydrogen-bond donors (Lipinski definition) is 1. The van der Waals surface area contributed by atoms with Crippen LogP contribution in [-0.4, -0.2) is 10.5 Å². The molecule has 0 spiro atoms. The largest absolute Gasteiger partial charge is 0.325 e. The van der Waals surface area contributed by atoms with E-state index in [1.165, 1.54) is 44.1 Å². The second kappa shape index (κ2) is 3.05. The highest BCUT2D eigenvalue weighted by molar-refractivity contribution is 5.26. The number of hydrogen-bond acceptors (Lipinski definition) is 2. The van der Waals surface area contributed by atoms with Crippen LogP contribution in [0.4, 0.5) is 0 Å². The molecule has 2 N–H and O–H groups in total. The van der Waals surface area contributed by atoms with E-state index in [-0.39, 0.29) is 5.54 Å². The number of pyridine rings is 1. The van der Waals surface area contributed by atoms with Crippen LogP contribution in [0.25, 0.3) is 0 Å². The summed E-state index contributed by atoms with van der Waals surface area (Å²) >= 11 is 0. The van der Waals surface area contributed by atoms with E-state index in [0.717, 1.165) is 0 Å². The minimum Gasteiger partial charge on any atom is -0.325 e. The predicted molar refractivity (Wildman–Crippen MR) is 60.5 cm³/mol. The third-order valence-corrected chi connectivity index (χ3v) is 4.58. The monoisotopic (exact) mass is 202 g/mol. The summed E-state index contributed by atoms with van der Waals surface area (Å²) in [6, 6.07) is 4.30. The standard InChI is InChI=1S/C13H18N2/c14-13-6-3-12(4-7-13,5-8-13)11-2-1-9-15-10-11/h1-2,9-10H,3-8,14H2. The first-order valence-corrected chi connectivity index (χ1v) is 5.92. The fourth-order valence-corrected chi connectivity index (χ4v) is 3.32. The van der Waals surface area contributed by atoms with Gasteiger partial charge in [-0.3, -0.25) is 4.98 Å². The molecule has 0 aromatic carbocycles. The molecule has 3 saturated carbocycles. The van der Waals surface area contributed by atoms with Gasteiger partial charge in [-0.15, -0.1) is 0 Å². The molecule has 1 aromatic rings. The Labute approximate surface area is 90.9 Å². The van der Waals surface area contributed by atoms with Crippen LogP contribution in [0.15, 0.2) is 24.5 Å². The van der Waals surface area contributed by atoms with E-state index in [2.05, 4.69) is 23.3 Å². The first kappa shape index (κ1) is 9.34. The summed E-state index contributed by atoms with van der Waals surface area (Å²) in [4.78, 5) is 4.26. The molecular formula is C13H18N2. The lowest BCUT2D eigenvalue weighted by molar-refractivity contribution is 0.107. The van der Waals surface area contributed by atoms with Crippen molar-refractivity contribution in [1.29, 1.82) is 0 Å². The summed E-state index contributed by atoms with van der Waals surface area (Å²) in [6.07, 6.45) is 11.3. The molecule has 4 rings (SSSR count). The molecule has 0 saturated heterocycles. The third kappa shape index (κ3) is 1.39. The van der Waals surface area contributed by atoms with Crippen molar-refractivity contribution in [2.75, 3.05) is 0 Å². The Hall–Kier alpha value is -0.890. The lowest BCUT2D eigenvalue weighted by atomic mass is 9.55. The van der Waals surface area contributed by atoms with Gasteiger partial charge in [-0.1, -0.05) is 6.07 Å². The number of nitrogens with zero attached hydrogens (tertiary/aromatic N) is 1. The van der Waals surface area contributed by atoms with Gasteiger partial charge in [0.2, 0.25) is 0 Å². The van der Waals surface area contributed by atoms with Crippen molar-refractivity contribution >= 4 is 0 Å². The van der Waals surface area contributed by atoms with Crippen molar-refractivity contribution < 1.29 is 0 Å². The molecule has 2 heteroatoms. The Kier molecular flexibility index (Phi) is 1.90. The first-order chi connectivity index (χ1) is 7.23. The molecule has 0 amide bonds. The van der Waals surface area contributed by atoms with Crippen LogP contribution in [0.3, 0.4) is 0 Å². The van der Waals surface area contributed by atoms with Gasteiger partial charge in [0.1, 0.15) is 0 Å². The van der Waals surface area contributed by atoms with Crippen molar-refractivity contribution in [3.05, 3.63) is 30.1 Å². The van der Waals surface area contributed by atoms with Gasteiger partial charge in [-0.2, -0.15) is 0 Å². The number of aromatic nitrogens is 1. The summed E-state index contributed by atoms with van der Waals surface area (Å²) in [5.74, 6) is 0. The zero-order chi connectivity index (χ0) is 10.4. The number of fused-ring (bicyclic) bond motifs is 3. The lowest BCUT2D eigenvalue weighted by Gasteiger charge is -2.52. The fourth-order valence-electron chi connectivity index (χ4n) is 3.32. The minimum absolute atomic E-state index is 0.171. The van der Waals surface area contributed by atoms with Crippen molar-refractivity contribution in [1.82, 2.24) is 4.98 Å². The summed E-state index contributed by atoms with van der Waals surface area (Å²) in [6.45, 7) is 0. The number of nitrogens with two attached hydrogens (primary N) is 1. The van der Waals surface area contributed by atoms with Crippen molar-refractivity contribution in [2.24, 2.45) is 5.73 Å².